The molecule has 74 valence electrons. The first-order valence-electron chi connectivity index (χ1n) is 4.65. The van der Waals surface area contributed by atoms with Crippen molar-refractivity contribution in [1.82, 2.24) is 0 Å². The summed E-state index contributed by atoms with van der Waals surface area (Å²) in [5.41, 5.74) is 2.29. The lowest BCUT2D eigenvalue weighted by atomic mass is 10.1. The monoisotopic (exact) mass is 209 g/mol. The highest BCUT2D eigenvalue weighted by Gasteiger charge is 2.12. The smallest absolute Gasteiger partial charge is 0.138 e. The van der Waals surface area contributed by atoms with Gasteiger partial charge in [0.15, 0.2) is 0 Å². The molecule has 1 aliphatic rings. The Balaban J connectivity index is 2.35. The van der Waals surface area contributed by atoms with Gasteiger partial charge in [0.25, 0.3) is 0 Å². The van der Waals surface area contributed by atoms with E-state index in [2.05, 4.69) is 4.99 Å². The summed E-state index contributed by atoms with van der Waals surface area (Å²) in [6, 6.07) is 3.88. The van der Waals surface area contributed by atoms with Crippen LogP contribution in [0.25, 0.3) is 0 Å². The third kappa shape index (κ3) is 1.75. The van der Waals surface area contributed by atoms with Gasteiger partial charge in [0.05, 0.1) is 17.7 Å². The molecular weight excluding hydrogens is 198 g/mol. The Morgan fingerprint density at radius 3 is 2.93 bits per heavy atom. The maximum absolute atomic E-state index is 6.07. The Labute approximate surface area is 88.6 Å². The zero-order chi connectivity index (χ0) is 10.1. The van der Waals surface area contributed by atoms with Crippen LogP contribution in [0.15, 0.2) is 17.1 Å². The van der Waals surface area contributed by atoms with E-state index in [-0.39, 0.29) is 6.10 Å². The Morgan fingerprint density at radius 1 is 1.43 bits per heavy atom. The highest BCUT2D eigenvalue weighted by Crippen LogP contribution is 2.30. The summed E-state index contributed by atoms with van der Waals surface area (Å²) >= 11 is 6.07. The number of nitrogens with zero attached hydrogens (tertiary/aromatic N) is 1. The van der Waals surface area contributed by atoms with Gasteiger partial charge in [-0.25, -0.2) is 0 Å². The minimum Gasteiger partial charge on any atom is -0.489 e. The van der Waals surface area contributed by atoms with Crippen molar-refractivity contribution in [3.05, 3.63) is 28.3 Å². The molecule has 1 aromatic rings. The van der Waals surface area contributed by atoms with Crippen LogP contribution in [0.2, 0.25) is 5.02 Å². The third-order valence-electron chi connectivity index (χ3n) is 2.05. The van der Waals surface area contributed by atoms with Crippen LogP contribution in [0.1, 0.15) is 25.0 Å². The number of ether oxygens (including phenoxy) is 1. The highest BCUT2D eigenvalue weighted by molar-refractivity contribution is 6.32. The number of hydrogen-bond donors (Lipinski definition) is 0. The summed E-state index contributed by atoms with van der Waals surface area (Å²) in [5.74, 6) is 0.755. The minimum absolute atomic E-state index is 0.146. The lowest BCUT2D eigenvalue weighted by molar-refractivity contribution is 0.242. The second kappa shape index (κ2) is 3.62. The first-order chi connectivity index (χ1) is 6.66. The van der Waals surface area contributed by atoms with Gasteiger partial charge in [0.2, 0.25) is 0 Å². The fraction of sp³-hybridized carbons (Fsp3) is 0.364. The zero-order valence-electron chi connectivity index (χ0n) is 8.25. The van der Waals surface area contributed by atoms with E-state index in [0.29, 0.717) is 5.02 Å². The topological polar surface area (TPSA) is 21.6 Å². The second-order valence-corrected chi connectivity index (χ2v) is 4.03. The van der Waals surface area contributed by atoms with Crippen molar-refractivity contribution in [2.45, 2.75) is 26.5 Å². The molecular formula is C11H12ClNO. The van der Waals surface area contributed by atoms with Gasteiger partial charge in [-0.2, -0.15) is 0 Å². The van der Waals surface area contributed by atoms with Gasteiger partial charge in [-0.15, -0.1) is 0 Å². The van der Waals surface area contributed by atoms with Crippen molar-refractivity contribution < 1.29 is 4.74 Å². The van der Waals surface area contributed by atoms with Crippen molar-refractivity contribution in [1.29, 1.82) is 0 Å². The summed E-state index contributed by atoms with van der Waals surface area (Å²) < 4.78 is 5.58. The number of hydrogen-bond acceptors (Lipinski definition) is 2. The van der Waals surface area contributed by atoms with Crippen LogP contribution in [0, 0.1) is 0 Å². The first kappa shape index (κ1) is 9.53. The van der Waals surface area contributed by atoms with Gasteiger partial charge in [-0.1, -0.05) is 11.6 Å². The van der Waals surface area contributed by atoms with E-state index in [0.717, 1.165) is 17.9 Å². The maximum atomic E-state index is 6.07. The van der Waals surface area contributed by atoms with Crippen LogP contribution in [-0.2, 0) is 6.54 Å². The fourth-order valence-electron chi connectivity index (χ4n) is 1.45. The molecule has 3 heteroatoms. The molecule has 0 fully saturated rings. The van der Waals surface area contributed by atoms with Gasteiger partial charge in [-0.3, -0.25) is 4.99 Å². The summed E-state index contributed by atoms with van der Waals surface area (Å²) in [5, 5.41) is 0.658. The predicted octanol–water partition coefficient (Wildman–Crippen LogP) is 3.06. The van der Waals surface area contributed by atoms with E-state index in [9.17, 15) is 0 Å². The molecule has 0 N–H and O–H groups in total. The zero-order valence-corrected chi connectivity index (χ0v) is 9.01. The summed E-state index contributed by atoms with van der Waals surface area (Å²) in [7, 11) is 0. The quantitative estimate of drug-likeness (QED) is 0.734. The molecule has 0 saturated carbocycles. The third-order valence-corrected chi connectivity index (χ3v) is 2.34. The Morgan fingerprint density at radius 2 is 2.21 bits per heavy atom. The van der Waals surface area contributed by atoms with Crippen LogP contribution in [0.5, 0.6) is 5.75 Å². The lowest BCUT2D eigenvalue weighted by Crippen LogP contribution is -2.06. The molecule has 0 aliphatic carbocycles. The van der Waals surface area contributed by atoms with Crippen LogP contribution in [-0.4, -0.2) is 12.3 Å². The van der Waals surface area contributed by atoms with Crippen molar-refractivity contribution in [3.63, 3.8) is 0 Å². The molecule has 1 heterocycles. The Kier molecular flexibility index (Phi) is 2.46. The molecule has 14 heavy (non-hydrogen) atoms. The second-order valence-electron chi connectivity index (χ2n) is 3.62. The number of fused-ring (bicyclic) bond motifs is 1. The lowest BCUT2D eigenvalue weighted by Gasteiger charge is -2.12. The molecule has 0 aromatic heterocycles. The van der Waals surface area contributed by atoms with Crippen LogP contribution >= 0.6 is 11.6 Å². The molecule has 0 spiro atoms. The Hall–Kier alpha value is -1.02. The van der Waals surface area contributed by atoms with Crippen LogP contribution in [0.3, 0.4) is 0 Å². The number of rotatable bonds is 2. The molecule has 1 aliphatic heterocycles. The number of halogens is 1. The van der Waals surface area contributed by atoms with Gasteiger partial charge >= 0.3 is 0 Å². The molecule has 2 nitrogen and oxygen atoms in total. The molecule has 2 rings (SSSR count). The van der Waals surface area contributed by atoms with E-state index in [1.54, 1.807) is 0 Å². The van der Waals surface area contributed by atoms with Crippen LogP contribution in [0.4, 0.5) is 0 Å². The van der Waals surface area contributed by atoms with E-state index in [1.807, 2.05) is 32.2 Å². The molecule has 0 radical (unpaired) electrons. The normalized spacial score (nSPS) is 13.4. The summed E-state index contributed by atoms with van der Waals surface area (Å²) in [6.07, 6.45) is 1.99. The van der Waals surface area contributed by atoms with Crippen molar-refractivity contribution >= 4 is 17.8 Å². The maximum Gasteiger partial charge on any atom is 0.138 e. The van der Waals surface area contributed by atoms with Crippen LogP contribution < -0.4 is 4.74 Å². The molecule has 1 aromatic carbocycles. The summed E-state index contributed by atoms with van der Waals surface area (Å²) in [6.45, 7) is 4.71. The average molecular weight is 210 g/mol. The minimum atomic E-state index is 0.146. The predicted molar refractivity (Wildman–Crippen MR) is 58.5 cm³/mol. The van der Waals surface area contributed by atoms with E-state index in [1.165, 1.54) is 5.56 Å². The fourth-order valence-corrected chi connectivity index (χ4v) is 1.67. The van der Waals surface area contributed by atoms with E-state index < -0.39 is 0 Å². The highest BCUT2D eigenvalue weighted by atomic mass is 35.5. The van der Waals surface area contributed by atoms with Gasteiger partial charge in [-0.05, 0) is 37.1 Å². The molecule has 0 bridgehead atoms. The first-order valence-corrected chi connectivity index (χ1v) is 5.03. The standard InChI is InChI=1S/C11H12ClNO/c1-7(2)14-11-4-9-6-13-5-8(9)3-10(11)12/h3-5,7H,6H2,1-2H3. The number of benzene rings is 1. The SMILES string of the molecule is CC(C)Oc1cc2c(cc1Cl)C=NC2. The molecule has 0 amide bonds. The van der Waals surface area contributed by atoms with Gasteiger partial charge in [0, 0.05) is 6.21 Å². The molecule has 0 unspecified atom stereocenters. The number of aliphatic imine (C=N–C) groups is 1. The molecule has 0 atom stereocenters. The average Bonchev–Trinajstić information content (AvgIpc) is 2.51. The van der Waals surface area contributed by atoms with Crippen molar-refractivity contribution in [3.8, 4) is 5.75 Å². The largest absolute Gasteiger partial charge is 0.489 e. The van der Waals surface area contributed by atoms with Gasteiger partial charge < -0.3 is 4.74 Å². The van der Waals surface area contributed by atoms with Gasteiger partial charge in [0.1, 0.15) is 5.75 Å². The van der Waals surface area contributed by atoms with Crippen molar-refractivity contribution in [2.24, 2.45) is 4.99 Å². The Bertz CT molecular complexity index is 385. The molecule has 0 saturated heterocycles. The van der Waals surface area contributed by atoms with E-state index >= 15 is 0 Å². The van der Waals surface area contributed by atoms with E-state index in [4.69, 9.17) is 16.3 Å². The summed E-state index contributed by atoms with van der Waals surface area (Å²) in [4.78, 5) is 4.17. The van der Waals surface area contributed by atoms with Crippen molar-refractivity contribution in [2.75, 3.05) is 0 Å².